The third kappa shape index (κ3) is 6.21. The molecule has 0 radical (unpaired) electrons. The highest BCUT2D eigenvalue weighted by Gasteiger charge is 2.27. The molecule has 3 rings (SSSR count). The van der Waals surface area contributed by atoms with Gasteiger partial charge in [0.05, 0.1) is 35.9 Å². The van der Waals surface area contributed by atoms with E-state index in [1.807, 2.05) is 0 Å². The molecule has 11 heteroatoms. The number of benzene rings is 3. The van der Waals surface area contributed by atoms with Crippen molar-refractivity contribution in [3.63, 3.8) is 0 Å². The zero-order valence-electron chi connectivity index (χ0n) is 19.6. The zero-order chi connectivity index (χ0) is 26.5. The van der Waals surface area contributed by atoms with Gasteiger partial charge in [-0.15, -0.1) is 0 Å². The fraction of sp³-hybridized carbons (Fsp3) is 0.160. The molecule has 0 saturated carbocycles. The van der Waals surface area contributed by atoms with Gasteiger partial charge < -0.3 is 14.8 Å². The van der Waals surface area contributed by atoms with Gasteiger partial charge in [-0.25, -0.2) is 18.0 Å². The lowest BCUT2D eigenvalue weighted by atomic mass is 10.1. The Labute approximate surface area is 213 Å². The van der Waals surface area contributed by atoms with Crippen LogP contribution >= 0.6 is 11.6 Å². The second-order valence-electron chi connectivity index (χ2n) is 7.63. The summed E-state index contributed by atoms with van der Waals surface area (Å²) in [7, 11) is -1.81. The van der Waals surface area contributed by atoms with E-state index in [0.29, 0.717) is 5.02 Å². The van der Waals surface area contributed by atoms with Crippen molar-refractivity contribution in [3.05, 3.63) is 88.4 Å². The summed E-state index contributed by atoms with van der Waals surface area (Å²) in [5.74, 6) is -2.18. The van der Waals surface area contributed by atoms with Gasteiger partial charge >= 0.3 is 11.9 Å². The highest BCUT2D eigenvalue weighted by molar-refractivity contribution is 7.92. The van der Waals surface area contributed by atoms with Crippen molar-refractivity contribution in [3.8, 4) is 0 Å². The molecule has 9 nitrogen and oxygen atoms in total. The fourth-order valence-electron chi connectivity index (χ4n) is 3.33. The molecule has 0 fully saturated rings. The van der Waals surface area contributed by atoms with E-state index in [1.165, 1.54) is 56.7 Å². The molecule has 3 aromatic rings. The number of carbonyl (C=O) groups is 3. The molecule has 0 aliphatic carbocycles. The number of ether oxygens (including phenoxy) is 2. The van der Waals surface area contributed by atoms with Crippen LogP contribution in [-0.2, 0) is 24.3 Å². The van der Waals surface area contributed by atoms with Crippen molar-refractivity contribution >= 4 is 50.8 Å². The summed E-state index contributed by atoms with van der Waals surface area (Å²) in [6.07, 6.45) is 0. The van der Waals surface area contributed by atoms with Gasteiger partial charge in [0.1, 0.15) is 6.54 Å². The van der Waals surface area contributed by atoms with Crippen LogP contribution in [0.25, 0.3) is 0 Å². The van der Waals surface area contributed by atoms with E-state index in [2.05, 4.69) is 5.32 Å². The Balaban J connectivity index is 1.98. The fourth-order valence-corrected chi connectivity index (χ4v) is 4.87. The lowest BCUT2D eigenvalue weighted by Crippen LogP contribution is -2.38. The number of amides is 1. The van der Waals surface area contributed by atoms with Gasteiger partial charge in [0.15, 0.2) is 0 Å². The molecule has 0 atom stereocenters. The first-order valence-electron chi connectivity index (χ1n) is 10.5. The Morgan fingerprint density at radius 2 is 1.47 bits per heavy atom. The highest BCUT2D eigenvalue weighted by Crippen LogP contribution is 2.26. The smallest absolute Gasteiger partial charge is 0.337 e. The first-order chi connectivity index (χ1) is 17.0. The summed E-state index contributed by atoms with van der Waals surface area (Å²) in [4.78, 5) is 37.1. The SMILES string of the molecule is COC(=O)c1cc(NC(=O)CN(c2cccc(C)c2)S(=O)(=O)c2ccc(Cl)cc2)cc(C(=O)OC)c1. The van der Waals surface area contributed by atoms with Crippen LogP contribution in [0.4, 0.5) is 11.4 Å². The summed E-state index contributed by atoms with van der Waals surface area (Å²) in [5.41, 5.74) is 1.15. The average molecular weight is 531 g/mol. The van der Waals surface area contributed by atoms with E-state index in [9.17, 15) is 22.8 Å². The number of carbonyl (C=O) groups excluding carboxylic acids is 3. The van der Waals surface area contributed by atoms with Crippen LogP contribution in [0.2, 0.25) is 5.02 Å². The second-order valence-corrected chi connectivity index (χ2v) is 9.93. The molecule has 0 unspecified atom stereocenters. The molecule has 0 aliphatic rings. The number of aryl methyl sites for hydroxylation is 1. The molecule has 0 heterocycles. The van der Waals surface area contributed by atoms with Crippen LogP contribution in [0.5, 0.6) is 0 Å². The minimum atomic E-state index is -4.16. The van der Waals surface area contributed by atoms with E-state index in [0.717, 1.165) is 9.87 Å². The lowest BCUT2D eigenvalue weighted by molar-refractivity contribution is -0.114. The van der Waals surface area contributed by atoms with E-state index < -0.39 is 34.4 Å². The van der Waals surface area contributed by atoms with Crippen LogP contribution in [0.3, 0.4) is 0 Å². The predicted molar refractivity (Wildman–Crippen MR) is 135 cm³/mol. The normalized spacial score (nSPS) is 10.9. The van der Waals surface area contributed by atoms with Crippen LogP contribution < -0.4 is 9.62 Å². The first-order valence-corrected chi connectivity index (χ1v) is 12.3. The maximum absolute atomic E-state index is 13.5. The van der Waals surface area contributed by atoms with Crippen molar-refractivity contribution in [2.75, 3.05) is 30.4 Å². The Hall–Kier alpha value is -3.89. The molecule has 0 spiro atoms. The highest BCUT2D eigenvalue weighted by atomic mass is 35.5. The molecule has 1 amide bonds. The standard InChI is InChI=1S/C25H23ClN2O7S/c1-16-5-4-6-21(11-16)28(36(32,33)22-9-7-19(26)8-10-22)15-23(29)27-20-13-17(24(30)34-2)12-18(14-20)25(31)35-3/h4-14H,15H2,1-3H3,(H,27,29). The molecular formula is C25H23ClN2O7S. The summed E-state index contributed by atoms with van der Waals surface area (Å²) < 4.78 is 37.3. The Bertz CT molecular complexity index is 1370. The maximum Gasteiger partial charge on any atom is 0.337 e. The van der Waals surface area contributed by atoms with E-state index >= 15 is 0 Å². The lowest BCUT2D eigenvalue weighted by Gasteiger charge is -2.24. The Morgan fingerprint density at radius 3 is 2.00 bits per heavy atom. The summed E-state index contributed by atoms with van der Waals surface area (Å²) >= 11 is 5.91. The van der Waals surface area contributed by atoms with Gasteiger partial charge in [0, 0.05) is 10.7 Å². The van der Waals surface area contributed by atoms with Crippen LogP contribution in [-0.4, -0.2) is 47.0 Å². The van der Waals surface area contributed by atoms with Gasteiger partial charge in [-0.2, -0.15) is 0 Å². The maximum atomic E-state index is 13.5. The number of nitrogens with zero attached hydrogens (tertiary/aromatic N) is 1. The van der Waals surface area contributed by atoms with Crippen molar-refractivity contribution in [1.29, 1.82) is 0 Å². The van der Waals surface area contributed by atoms with Crippen molar-refractivity contribution in [1.82, 2.24) is 0 Å². The molecule has 0 aromatic heterocycles. The Kier molecular flexibility index (Phi) is 8.33. The number of halogens is 1. The number of esters is 2. The van der Waals surface area contributed by atoms with E-state index in [4.69, 9.17) is 21.1 Å². The summed E-state index contributed by atoms with van der Waals surface area (Å²) in [6.45, 7) is 1.20. The van der Waals surface area contributed by atoms with Crippen LogP contribution in [0, 0.1) is 6.92 Å². The predicted octanol–water partition coefficient (Wildman–Crippen LogP) is 4.06. The molecule has 0 saturated heterocycles. The Morgan fingerprint density at radius 1 is 0.889 bits per heavy atom. The molecule has 1 N–H and O–H groups in total. The molecule has 188 valence electrons. The second kappa shape index (κ2) is 11.2. The molecule has 0 bridgehead atoms. The van der Waals surface area contributed by atoms with E-state index in [1.54, 1.807) is 31.2 Å². The zero-order valence-corrected chi connectivity index (χ0v) is 21.2. The quantitative estimate of drug-likeness (QED) is 0.436. The first kappa shape index (κ1) is 26.7. The number of methoxy groups -OCH3 is 2. The topological polar surface area (TPSA) is 119 Å². The van der Waals surface area contributed by atoms with Gasteiger partial charge in [-0.1, -0.05) is 23.7 Å². The van der Waals surface area contributed by atoms with Crippen molar-refractivity contribution in [2.24, 2.45) is 0 Å². The minimum absolute atomic E-state index is 0.0000241. The average Bonchev–Trinajstić information content (AvgIpc) is 2.86. The third-order valence-electron chi connectivity index (χ3n) is 5.04. The van der Waals surface area contributed by atoms with Gasteiger partial charge in [-0.3, -0.25) is 9.10 Å². The van der Waals surface area contributed by atoms with Crippen molar-refractivity contribution in [2.45, 2.75) is 11.8 Å². The van der Waals surface area contributed by atoms with Crippen molar-refractivity contribution < 1.29 is 32.3 Å². The number of rotatable bonds is 8. The minimum Gasteiger partial charge on any atom is -0.465 e. The molecule has 0 aliphatic heterocycles. The number of anilines is 2. The summed E-state index contributed by atoms with van der Waals surface area (Å²) in [6, 6.07) is 16.1. The number of sulfonamides is 1. The molecule has 3 aromatic carbocycles. The van der Waals surface area contributed by atoms with Crippen LogP contribution in [0.15, 0.2) is 71.6 Å². The molecular weight excluding hydrogens is 508 g/mol. The number of hydrogen-bond donors (Lipinski definition) is 1. The number of hydrogen-bond acceptors (Lipinski definition) is 7. The van der Waals surface area contributed by atoms with Crippen LogP contribution in [0.1, 0.15) is 26.3 Å². The monoisotopic (exact) mass is 530 g/mol. The third-order valence-corrected chi connectivity index (χ3v) is 7.08. The van der Waals surface area contributed by atoms with Gasteiger partial charge in [0.2, 0.25) is 5.91 Å². The number of nitrogens with one attached hydrogen (secondary N) is 1. The largest absolute Gasteiger partial charge is 0.465 e. The summed E-state index contributed by atoms with van der Waals surface area (Å²) in [5, 5.41) is 2.91. The van der Waals surface area contributed by atoms with E-state index in [-0.39, 0.29) is 27.4 Å². The van der Waals surface area contributed by atoms with Gasteiger partial charge in [-0.05, 0) is 67.1 Å². The molecule has 36 heavy (non-hydrogen) atoms. The van der Waals surface area contributed by atoms with Gasteiger partial charge in [0.25, 0.3) is 10.0 Å².